The number of aliphatic carboxylic acids is 1. The first kappa shape index (κ1) is 15.9. The molecule has 1 aliphatic heterocycles. The molecule has 0 bridgehead atoms. The zero-order valence-corrected chi connectivity index (χ0v) is 13.1. The lowest BCUT2D eigenvalue weighted by atomic mass is 10.0. The van der Waals surface area contributed by atoms with E-state index in [0.29, 0.717) is 17.1 Å². The lowest BCUT2D eigenvalue weighted by molar-refractivity contribution is -0.141. The number of amides is 1. The second-order valence-corrected chi connectivity index (χ2v) is 5.62. The van der Waals surface area contributed by atoms with Crippen molar-refractivity contribution in [3.63, 3.8) is 0 Å². The number of carbonyl (C=O) groups is 2. The molecule has 1 atom stereocenters. The van der Waals surface area contributed by atoms with Crippen LogP contribution in [0.2, 0.25) is 0 Å². The lowest BCUT2D eigenvalue weighted by Crippen LogP contribution is -2.34. The fourth-order valence-corrected chi connectivity index (χ4v) is 2.59. The molecule has 0 fully saturated rings. The normalized spacial score (nSPS) is 13.4. The van der Waals surface area contributed by atoms with Crippen LogP contribution in [0.4, 0.5) is 0 Å². The SMILES string of the molecule is Cc1cccc(C(NC(=O)Cc2ccc3c(c2)OCO3)C(=O)O)c1. The van der Waals surface area contributed by atoms with Gasteiger partial charge in [-0.15, -0.1) is 0 Å². The monoisotopic (exact) mass is 327 g/mol. The van der Waals surface area contributed by atoms with E-state index < -0.39 is 12.0 Å². The number of carboxylic acids is 1. The maximum absolute atomic E-state index is 12.2. The van der Waals surface area contributed by atoms with Gasteiger partial charge >= 0.3 is 5.97 Å². The molecule has 6 heteroatoms. The summed E-state index contributed by atoms with van der Waals surface area (Å²) < 4.78 is 10.5. The molecule has 0 saturated heterocycles. The summed E-state index contributed by atoms with van der Waals surface area (Å²) in [5.74, 6) is -0.237. The summed E-state index contributed by atoms with van der Waals surface area (Å²) in [6.07, 6.45) is 0.0617. The van der Waals surface area contributed by atoms with E-state index in [0.717, 1.165) is 11.1 Å². The van der Waals surface area contributed by atoms with Gasteiger partial charge in [-0.25, -0.2) is 4.79 Å². The average molecular weight is 327 g/mol. The van der Waals surface area contributed by atoms with Gasteiger partial charge in [-0.05, 0) is 30.2 Å². The van der Waals surface area contributed by atoms with Crippen LogP contribution in [0.1, 0.15) is 22.7 Å². The lowest BCUT2D eigenvalue weighted by Gasteiger charge is -2.15. The fourth-order valence-electron chi connectivity index (χ4n) is 2.59. The fraction of sp³-hybridized carbons (Fsp3) is 0.222. The van der Waals surface area contributed by atoms with Crippen molar-refractivity contribution in [2.45, 2.75) is 19.4 Å². The number of aryl methyl sites for hydroxylation is 1. The molecule has 1 aliphatic rings. The Morgan fingerprint density at radius 2 is 1.96 bits per heavy atom. The Balaban J connectivity index is 1.71. The Labute approximate surface area is 139 Å². The summed E-state index contributed by atoms with van der Waals surface area (Å²) in [4.78, 5) is 23.7. The van der Waals surface area contributed by atoms with Crippen LogP contribution in [-0.4, -0.2) is 23.8 Å². The molecule has 1 unspecified atom stereocenters. The molecule has 2 aromatic rings. The van der Waals surface area contributed by atoms with Gasteiger partial charge in [0.25, 0.3) is 0 Å². The molecule has 1 amide bonds. The minimum absolute atomic E-state index is 0.0617. The predicted molar refractivity (Wildman–Crippen MR) is 86.0 cm³/mol. The van der Waals surface area contributed by atoms with Crippen molar-refractivity contribution in [2.24, 2.45) is 0 Å². The number of fused-ring (bicyclic) bond motifs is 1. The van der Waals surface area contributed by atoms with Crippen molar-refractivity contribution in [2.75, 3.05) is 6.79 Å². The van der Waals surface area contributed by atoms with Crippen LogP contribution in [0, 0.1) is 6.92 Å². The summed E-state index contributed by atoms with van der Waals surface area (Å²) in [5.41, 5.74) is 2.20. The van der Waals surface area contributed by atoms with Gasteiger partial charge in [0.2, 0.25) is 12.7 Å². The van der Waals surface area contributed by atoms with Gasteiger partial charge < -0.3 is 19.9 Å². The third-order valence-electron chi connectivity index (χ3n) is 3.73. The van der Waals surface area contributed by atoms with Gasteiger partial charge in [-0.3, -0.25) is 4.79 Å². The second kappa shape index (κ2) is 6.62. The molecule has 124 valence electrons. The minimum Gasteiger partial charge on any atom is -0.479 e. The van der Waals surface area contributed by atoms with E-state index in [4.69, 9.17) is 9.47 Å². The molecule has 0 aliphatic carbocycles. The van der Waals surface area contributed by atoms with Gasteiger partial charge in [0.15, 0.2) is 17.5 Å². The summed E-state index contributed by atoms with van der Waals surface area (Å²) in [6.45, 7) is 2.04. The molecule has 2 aromatic carbocycles. The first-order chi connectivity index (χ1) is 11.5. The van der Waals surface area contributed by atoms with E-state index in [1.807, 2.05) is 13.0 Å². The molecular weight excluding hydrogens is 310 g/mol. The van der Waals surface area contributed by atoms with E-state index in [9.17, 15) is 14.7 Å². The molecule has 0 spiro atoms. The smallest absolute Gasteiger partial charge is 0.330 e. The van der Waals surface area contributed by atoms with Gasteiger partial charge in [0.1, 0.15) is 0 Å². The number of rotatable bonds is 5. The first-order valence-corrected chi connectivity index (χ1v) is 7.50. The molecule has 1 heterocycles. The van der Waals surface area contributed by atoms with Crippen LogP contribution in [0.5, 0.6) is 11.5 Å². The summed E-state index contributed by atoms with van der Waals surface area (Å²) in [6, 6.07) is 11.2. The zero-order valence-electron chi connectivity index (χ0n) is 13.1. The minimum atomic E-state index is -1.10. The standard InChI is InChI=1S/C18H17NO5/c1-11-3-2-4-13(7-11)17(18(21)22)19-16(20)9-12-5-6-14-15(8-12)24-10-23-14/h2-8,17H,9-10H2,1H3,(H,19,20)(H,21,22). The van der Waals surface area contributed by atoms with Crippen molar-refractivity contribution >= 4 is 11.9 Å². The highest BCUT2D eigenvalue weighted by atomic mass is 16.7. The first-order valence-electron chi connectivity index (χ1n) is 7.50. The Bertz CT molecular complexity index is 787. The third kappa shape index (κ3) is 3.48. The highest BCUT2D eigenvalue weighted by Crippen LogP contribution is 2.32. The van der Waals surface area contributed by atoms with E-state index in [2.05, 4.69) is 5.32 Å². The van der Waals surface area contributed by atoms with Crippen molar-refractivity contribution in [1.82, 2.24) is 5.32 Å². The van der Waals surface area contributed by atoms with E-state index >= 15 is 0 Å². The maximum atomic E-state index is 12.2. The van der Waals surface area contributed by atoms with E-state index in [-0.39, 0.29) is 19.1 Å². The van der Waals surface area contributed by atoms with Gasteiger partial charge in [-0.1, -0.05) is 35.9 Å². The topological polar surface area (TPSA) is 84.9 Å². The van der Waals surface area contributed by atoms with Crippen molar-refractivity contribution in [3.05, 3.63) is 59.2 Å². The van der Waals surface area contributed by atoms with E-state index in [1.54, 1.807) is 36.4 Å². The highest BCUT2D eigenvalue weighted by Gasteiger charge is 2.22. The number of ether oxygens (including phenoxy) is 2. The molecule has 0 aromatic heterocycles. The number of benzene rings is 2. The van der Waals surface area contributed by atoms with Crippen LogP contribution in [-0.2, 0) is 16.0 Å². The number of hydrogen-bond acceptors (Lipinski definition) is 4. The number of carbonyl (C=O) groups excluding carboxylic acids is 1. The molecule has 3 rings (SSSR count). The highest BCUT2D eigenvalue weighted by molar-refractivity contribution is 5.85. The molecule has 6 nitrogen and oxygen atoms in total. The van der Waals surface area contributed by atoms with Crippen LogP contribution >= 0.6 is 0 Å². The maximum Gasteiger partial charge on any atom is 0.330 e. The third-order valence-corrected chi connectivity index (χ3v) is 3.73. The average Bonchev–Trinajstić information content (AvgIpc) is 3.00. The molecule has 24 heavy (non-hydrogen) atoms. The Hall–Kier alpha value is -3.02. The Morgan fingerprint density at radius 1 is 1.17 bits per heavy atom. The number of carboxylic acid groups (broad SMARTS) is 1. The number of hydrogen-bond donors (Lipinski definition) is 2. The van der Waals surface area contributed by atoms with Gasteiger partial charge in [0.05, 0.1) is 6.42 Å². The predicted octanol–water partition coefficient (Wildman–Crippen LogP) is 2.21. The molecular formula is C18H17NO5. The second-order valence-electron chi connectivity index (χ2n) is 5.62. The summed E-state index contributed by atoms with van der Waals surface area (Å²) in [5, 5.41) is 12.0. The van der Waals surface area contributed by atoms with Crippen molar-refractivity contribution < 1.29 is 24.2 Å². The molecule has 0 radical (unpaired) electrons. The Kier molecular flexibility index (Phi) is 4.37. The van der Waals surface area contributed by atoms with Gasteiger partial charge in [0, 0.05) is 0 Å². The van der Waals surface area contributed by atoms with Crippen molar-refractivity contribution in [1.29, 1.82) is 0 Å². The largest absolute Gasteiger partial charge is 0.479 e. The van der Waals surface area contributed by atoms with Gasteiger partial charge in [-0.2, -0.15) is 0 Å². The van der Waals surface area contributed by atoms with Crippen LogP contribution in [0.15, 0.2) is 42.5 Å². The van der Waals surface area contributed by atoms with Crippen LogP contribution in [0.25, 0.3) is 0 Å². The van der Waals surface area contributed by atoms with Crippen LogP contribution < -0.4 is 14.8 Å². The summed E-state index contributed by atoms with van der Waals surface area (Å²) >= 11 is 0. The zero-order chi connectivity index (χ0) is 17.1. The molecule has 2 N–H and O–H groups in total. The van der Waals surface area contributed by atoms with Crippen LogP contribution in [0.3, 0.4) is 0 Å². The Morgan fingerprint density at radius 3 is 2.71 bits per heavy atom. The van der Waals surface area contributed by atoms with E-state index in [1.165, 1.54) is 0 Å². The number of nitrogens with one attached hydrogen (secondary N) is 1. The van der Waals surface area contributed by atoms with Crippen molar-refractivity contribution in [3.8, 4) is 11.5 Å². The summed E-state index contributed by atoms with van der Waals surface area (Å²) in [7, 11) is 0. The molecule has 0 saturated carbocycles. The quantitative estimate of drug-likeness (QED) is 0.879.